The van der Waals surface area contributed by atoms with Gasteiger partial charge in [0.25, 0.3) is 0 Å². The van der Waals surface area contributed by atoms with Gasteiger partial charge in [0.15, 0.2) is 0 Å². The fourth-order valence-electron chi connectivity index (χ4n) is 1.87. The molecular weight excluding hydrogens is 308 g/mol. The molecule has 0 saturated carbocycles. The standard InChI is InChI=1S/C15H17ClN2O2S/c16-11-2-3-12-13(10-11)17-7-4-14(12)21-9-5-15(20)18-6-1-8-19/h2-4,7,10,19H,1,5-6,8-9H2,(H,18,20). The third-order valence-electron chi connectivity index (χ3n) is 2.91. The highest BCUT2D eigenvalue weighted by atomic mass is 35.5. The SMILES string of the molecule is O=C(CCSc1ccnc2cc(Cl)ccc12)NCCCO. The highest BCUT2D eigenvalue weighted by molar-refractivity contribution is 7.99. The number of hydrogen-bond donors (Lipinski definition) is 2. The van der Waals surface area contributed by atoms with Crippen LogP contribution < -0.4 is 5.32 Å². The number of benzene rings is 1. The largest absolute Gasteiger partial charge is 0.396 e. The summed E-state index contributed by atoms with van der Waals surface area (Å²) in [6.07, 6.45) is 2.80. The number of carbonyl (C=O) groups is 1. The molecule has 1 aromatic carbocycles. The Hall–Kier alpha value is -1.30. The Bertz CT molecular complexity index is 622. The van der Waals surface area contributed by atoms with Crippen LogP contribution in [0.1, 0.15) is 12.8 Å². The molecule has 2 rings (SSSR count). The van der Waals surface area contributed by atoms with E-state index < -0.39 is 0 Å². The molecule has 0 fully saturated rings. The van der Waals surface area contributed by atoms with Gasteiger partial charge in [-0.25, -0.2) is 0 Å². The van der Waals surface area contributed by atoms with Crippen molar-refractivity contribution < 1.29 is 9.90 Å². The van der Waals surface area contributed by atoms with Crippen LogP contribution in [0.5, 0.6) is 0 Å². The number of thioether (sulfide) groups is 1. The van der Waals surface area contributed by atoms with E-state index in [1.807, 2.05) is 24.3 Å². The van der Waals surface area contributed by atoms with E-state index in [0.29, 0.717) is 30.2 Å². The number of hydrogen-bond acceptors (Lipinski definition) is 4. The van der Waals surface area contributed by atoms with Gasteiger partial charge in [0.1, 0.15) is 0 Å². The lowest BCUT2D eigenvalue weighted by atomic mass is 10.2. The summed E-state index contributed by atoms with van der Waals surface area (Å²) in [5, 5.41) is 13.1. The maximum atomic E-state index is 11.6. The van der Waals surface area contributed by atoms with Crippen molar-refractivity contribution in [3.63, 3.8) is 0 Å². The minimum absolute atomic E-state index is 0.0114. The molecule has 112 valence electrons. The lowest BCUT2D eigenvalue weighted by molar-refractivity contribution is -0.120. The van der Waals surface area contributed by atoms with Crippen molar-refractivity contribution in [2.45, 2.75) is 17.7 Å². The van der Waals surface area contributed by atoms with Gasteiger partial charge in [-0.3, -0.25) is 9.78 Å². The Labute approximate surface area is 132 Å². The summed E-state index contributed by atoms with van der Waals surface area (Å²) >= 11 is 7.59. The normalized spacial score (nSPS) is 10.8. The van der Waals surface area contributed by atoms with Gasteiger partial charge < -0.3 is 10.4 Å². The Kier molecular flexibility index (Phi) is 6.29. The van der Waals surface area contributed by atoms with E-state index in [-0.39, 0.29) is 12.5 Å². The van der Waals surface area contributed by atoms with Crippen LogP contribution in [0.15, 0.2) is 35.4 Å². The van der Waals surface area contributed by atoms with Crippen LogP contribution in [0.25, 0.3) is 10.9 Å². The number of nitrogens with zero attached hydrogens (tertiary/aromatic N) is 1. The molecule has 0 bridgehead atoms. The highest BCUT2D eigenvalue weighted by Gasteiger charge is 2.05. The molecule has 6 heteroatoms. The van der Waals surface area contributed by atoms with Crippen LogP contribution in [0.2, 0.25) is 5.02 Å². The number of aliphatic hydroxyl groups is 1. The molecular formula is C15H17ClN2O2S. The van der Waals surface area contributed by atoms with Crippen LogP contribution >= 0.6 is 23.4 Å². The van der Waals surface area contributed by atoms with Crippen molar-refractivity contribution >= 4 is 40.2 Å². The third kappa shape index (κ3) is 4.88. The zero-order valence-electron chi connectivity index (χ0n) is 11.5. The summed E-state index contributed by atoms with van der Waals surface area (Å²) in [6.45, 7) is 0.622. The number of aliphatic hydroxyl groups excluding tert-OH is 1. The molecule has 0 saturated heterocycles. The molecule has 21 heavy (non-hydrogen) atoms. The average molecular weight is 325 g/mol. The summed E-state index contributed by atoms with van der Waals surface area (Å²) in [5.41, 5.74) is 0.861. The van der Waals surface area contributed by atoms with Gasteiger partial charge in [-0.05, 0) is 24.6 Å². The summed E-state index contributed by atoms with van der Waals surface area (Å²) in [4.78, 5) is 17.0. The van der Waals surface area contributed by atoms with Crippen LogP contribution in [-0.4, -0.2) is 34.9 Å². The minimum Gasteiger partial charge on any atom is -0.396 e. The first-order valence-corrected chi connectivity index (χ1v) is 8.11. The molecule has 1 heterocycles. The fraction of sp³-hybridized carbons (Fsp3) is 0.333. The molecule has 0 aliphatic rings. The lowest BCUT2D eigenvalue weighted by Gasteiger charge is -2.07. The Morgan fingerprint density at radius 1 is 1.38 bits per heavy atom. The molecule has 0 aliphatic heterocycles. The number of amides is 1. The second-order valence-corrected chi connectivity index (χ2v) is 6.07. The minimum atomic E-state index is 0.0114. The van der Waals surface area contributed by atoms with E-state index in [9.17, 15) is 4.79 Å². The summed E-state index contributed by atoms with van der Waals surface area (Å²) in [7, 11) is 0. The molecule has 2 aromatic rings. The number of fused-ring (bicyclic) bond motifs is 1. The second kappa shape index (κ2) is 8.22. The number of nitrogens with one attached hydrogen (secondary N) is 1. The smallest absolute Gasteiger partial charge is 0.220 e. The lowest BCUT2D eigenvalue weighted by Crippen LogP contribution is -2.25. The van der Waals surface area contributed by atoms with Crippen molar-refractivity contribution in [2.75, 3.05) is 18.9 Å². The molecule has 0 radical (unpaired) electrons. The maximum Gasteiger partial charge on any atom is 0.220 e. The van der Waals surface area contributed by atoms with Crippen molar-refractivity contribution in [3.8, 4) is 0 Å². The van der Waals surface area contributed by atoms with E-state index in [1.165, 1.54) is 0 Å². The van der Waals surface area contributed by atoms with Gasteiger partial charge in [-0.1, -0.05) is 17.7 Å². The van der Waals surface area contributed by atoms with Crippen LogP contribution in [-0.2, 0) is 4.79 Å². The third-order valence-corrected chi connectivity index (χ3v) is 4.22. The Morgan fingerprint density at radius 2 is 2.24 bits per heavy atom. The monoisotopic (exact) mass is 324 g/mol. The molecule has 0 spiro atoms. The summed E-state index contributed by atoms with van der Waals surface area (Å²) < 4.78 is 0. The number of pyridine rings is 1. The second-order valence-electron chi connectivity index (χ2n) is 4.50. The fourth-order valence-corrected chi connectivity index (χ4v) is 3.03. The molecule has 0 atom stereocenters. The summed E-state index contributed by atoms with van der Waals surface area (Å²) in [6, 6.07) is 7.58. The number of halogens is 1. The zero-order chi connectivity index (χ0) is 15.1. The maximum absolute atomic E-state index is 11.6. The quantitative estimate of drug-likeness (QED) is 0.607. The van der Waals surface area contributed by atoms with Gasteiger partial charge in [0.05, 0.1) is 5.52 Å². The first kappa shape index (κ1) is 16.1. The van der Waals surface area contributed by atoms with Crippen molar-refractivity contribution in [3.05, 3.63) is 35.5 Å². The van der Waals surface area contributed by atoms with E-state index in [0.717, 1.165) is 15.8 Å². The zero-order valence-corrected chi connectivity index (χ0v) is 13.1. The van der Waals surface area contributed by atoms with Gasteiger partial charge in [-0.2, -0.15) is 0 Å². The highest BCUT2D eigenvalue weighted by Crippen LogP contribution is 2.28. The average Bonchev–Trinajstić information content (AvgIpc) is 2.47. The van der Waals surface area contributed by atoms with Crippen molar-refractivity contribution in [1.82, 2.24) is 10.3 Å². The van der Waals surface area contributed by atoms with E-state index in [1.54, 1.807) is 18.0 Å². The van der Waals surface area contributed by atoms with E-state index in [2.05, 4.69) is 10.3 Å². The topological polar surface area (TPSA) is 62.2 Å². The predicted molar refractivity (Wildman–Crippen MR) is 86.8 cm³/mol. The van der Waals surface area contributed by atoms with Crippen LogP contribution in [0.3, 0.4) is 0 Å². The molecule has 2 N–H and O–H groups in total. The first-order chi connectivity index (χ1) is 10.2. The Morgan fingerprint density at radius 3 is 3.05 bits per heavy atom. The molecule has 0 aliphatic carbocycles. The van der Waals surface area contributed by atoms with Gasteiger partial charge in [0.2, 0.25) is 5.91 Å². The molecule has 0 unspecified atom stereocenters. The number of aromatic nitrogens is 1. The molecule has 1 amide bonds. The Balaban J connectivity index is 1.90. The number of carbonyl (C=O) groups excluding carboxylic acids is 1. The first-order valence-electron chi connectivity index (χ1n) is 6.75. The molecule has 4 nitrogen and oxygen atoms in total. The van der Waals surface area contributed by atoms with E-state index >= 15 is 0 Å². The number of rotatable bonds is 7. The van der Waals surface area contributed by atoms with Crippen LogP contribution in [0.4, 0.5) is 0 Å². The predicted octanol–water partition coefficient (Wildman–Crippen LogP) is 2.87. The van der Waals surface area contributed by atoms with Gasteiger partial charge >= 0.3 is 0 Å². The van der Waals surface area contributed by atoms with Crippen LogP contribution in [0, 0.1) is 0 Å². The van der Waals surface area contributed by atoms with E-state index in [4.69, 9.17) is 16.7 Å². The van der Waals surface area contributed by atoms with Gasteiger partial charge in [0, 0.05) is 46.8 Å². The van der Waals surface area contributed by atoms with Gasteiger partial charge in [-0.15, -0.1) is 11.8 Å². The molecule has 1 aromatic heterocycles. The summed E-state index contributed by atoms with van der Waals surface area (Å²) in [5.74, 6) is 0.713. The van der Waals surface area contributed by atoms with Crippen molar-refractivity contribution in [2.24, 2.45) is 0 Å². The van der Waals surface area contributed by atoms with Crippen molar-refractivity contribution in [1.29, 1.82) is 0 Å².